The fourth-order valence-electron chi connectivity index (χ4n) is 4.61. The Bertz CT molecular complexity index is 857. The van der Waals surface area contributed by atoms with Crippen LogP contribution >= 0.6 is 0 Å². The highest BCUT2D eigenvalue weighted by molar-refractivity contribution is 5.96. The molecule has 1 aromatic rings. The number of piperidine rings is 2. The van der Waals surface area contributed by atoms with Crippen molar-refractivity contribution in [3.05, 3.63) is 30.1 Å². The van der Waals surface area contributed by atoms with Gasteiger partial charge >= 0.3 is 0 Å². The van der Waals surface area contributed by atoms with Gasteiger partial charge in [-0.05, 0) is 50.9 Å². The first-order valence-electron chi connectivity index (χ1n) is 11.3. The van der Waals surface area contributed by atoms with E-state index in [-0.39, 0.29) is 36.7 Å². The van der Waals surface area contributed by atoms with Gasteiger partial charge in [0.05, 0.1) is 12.1 Å². The molecule has 0 aromatic carbocycles. The van der Waals surface area contributed by atoms with Gasteiger partial charge in [-0.1, -0.05) is 0 Å². The number of hydrogen-bond donors (Lipinski definition) is 3. The third kappa shape index (κ3) is 4.90. The van der Waals surface area contributed by atoms with E-state index < -0.39 is 18.0 Å². The van der Waals surface area contributed by atoms with Crippen LogP contribution < -0.4 is 16.0 Å². The predicted octanol–water partition coefficient (Wildman–Crippen LogP) is -0.871. The predicted molar refractivity (Wildman–Crippen MR) is 115 cm³/mol. The molecule has 3 N–H and O–H groups in total. The molecule has 0 radical (unpaired) electrons. The summed E-state index contributed by atoms with van der Waals surface area (Å²) < 4.78 is 0. The number of nitrogens with one attached hydrogen (secondary N) is 3. The zero-order valence-electron chi connectivity index (χ0n) is 18.1. The van der Waals surface area contributed by atoms with Crippen molar-refractivity contribution in [2.75, 3.05) is 39.3 Å². The SMILES string of the molecule is O=C1NCCC[C@@H]1NC(=O)[C@@H]1CN(C(=O)c2cccnc2)CCN1C(=O)C1CCNCC1. The fraction of sp³-hybridized carbons (Fsp3) is 0.591. The second-order valence-electron chi connectivity index (χ2n) is 8.56. The lowest BCUT2D eigenvalue weighted by Gasteiger charge is -2.42. The van der Waals surface area contributed by atoms with Gasteiger partial charge in [-0.15, -0.1) is 0 Å². The van der Waals surface area contributed by atoms with E-state index in [1.54, 1.807) is 28.1 Å². The molecule has 0 spiro atoms. The Labute approximate surface area is 187 Å². The molecule has 0 saturated carbocycles. The highest BCUT2D eigenvalue weighted by Crippen LogP contribution is 2.21. The Hall–Kier alpha value is -3.01. The van der Waals surface area contributed by atoms with Gasteiger partial charge in [-0.25, -0.2) is 0 Å². The van der Waals surface area contributed by atoms with Crippen LogP contribution in [0.4, 0.5) is 0 Å². The van der Waals surface area contributed by atoms with Crippen LogP contribution in [-0.4, -0.2) is 89.8 Å². The maximum atomic E-state index is 13.3. The van der Waals surface area contributed by atoms with Crippen LogP contribution in [0, 0.1) is 5.92 Å². The Kier molecular flexibility index (Phi) is 6.99. The molecule has 172 valence electrons. The summed E-state index contributed by atoms with van der Waals surface area (Å²) in [6, 6.07) is 1.93. The number of nitrogens with zero attached hydrogens (tertiary/aromatic N) is 3. The minimum atomic E-state index is -0.832. The average molecular weight is 443 g/mol. The van der Waals surface area contributed by atoms with Crippen LogP contribution in [0.5, 0.6) is 0 Å². The molecular weight excluding hydrogens is 412 g/mol. The first kappa shape index (κ1) is 22.2. The van der Waals surface area contributed by atoms with Crippen LogP contribution in [0.15, 0.2) is 24.5 Å². The van der Waals surface area contributed by atoms with E-state index in [0.29, 0.717) is 25.1 Å². The van der Waals surface area contributed by atoms with Crippen molar-refractivity contribution in [3.8, 4) is 0 Å². The summed E-state index contributed by atoms with van der Waals surface area (Å²) >= 11 is 0. The molecule has 3 aliphatic rings. The topological polar surface area (TPSA) is 124 Å². The van der Waals surface area contributed by atoms with E-state index >= 15 is 0 Å². The minimum absolute atomic E-state index is 0.0479. The molecule has 0 unspecified atom stereocenters. The van der Waals surface area contributed by atoms with Crippen molar-refractivity contribution >= 4 is 23.6 Å². The number of amides is 4. The molecule has 1 aromatic heterocycles. The Morgan fingerprint density at radius 2 is 1.91 bits per heavy atom. The second kappa shape index (κ2) is 10.1. The number of rotatable bonds is 4. The van der Waals surface area contributed by atoms with Gasteiger partial charge in [-0.2, -0.15) is 0 Å². The standard InChI is InChI=1S/C22H30N6O4/c29-19-17(4-2-8-25-19)26-20(30)18-14-27(21(31)16-3-1-7-24-13-16)11-12-28(18)22(32)15-5-9-23-10-6-15/h1,3,7,13,15,17-18,23H,2,4-6,8-12,14H2,(H,25,29)(H,26,30)/t17-,18-/m0/s1. The zero-order chi connectivity index (χ0) is 22.5. The quantitative estimate of drug-likeness (QED) is 0.557. The largest absolute Gasteiger partial charge is 0.354 e. The number of carbonyl (C=O) groups excluding carboxylic acids is 4. The lowest BCUT2D eigenvalue weighted by Crippen LogP contribution is -2.64. The number of aromatic nitrogens is 1. The number of carbonyl (C=O) groups is 4. The van der Waals surface area contributed by atoms with Crippen LogP contribution in [0.2, 0.25) is 0 Å². The molecule has 3 aliphatic heterocycles. The Morgan fingerprint density at radius 3 is 2.62 bits per heavy atom. The van der Waals surface area contributed by atoms with Crippen LogP contribution in [0.25, 0.3) is 0 Å². The van der Waals surface area contributed by atoms with Crippen molar-refractivity contribution in [2.45, 2.75) is 37.8 Å². The van der Waals surface area contributed by atoms with Gasteiger partial charge < -0.3 is 25.8 Å². The molecular formula is C22H30N6O4. The van der Waals surface area contributed by atoms with E-state index in [2.05, 4.69) is 20.9 Å². The Balaban J connectivity index is 1.51. The smallest absolute Gasteiger partial charge is 0.255 e. The lowest BCUT2D eigenvalue weighted by atomic mass is 9.95. The highest BCUT2D eigenvalue weighted by Gasteiger charge is 2.40. The van der Waals surface area contributed by atoms with Crippen molar-refractivity contribution in [2.24, 2.45) is 5.92 Å². The molecule has 3 saturated heterocycles. The molecule has 0 aliphatic carbocycles. The van der Waals surface area contributed by atoms with Gasteiger partial charge in [0.1, 0.15) is 12.1 Å². The normalized spacial score (nSPS) is 24.6. The minimum Gasteiger partial charge on any atom is -0.354 e. The van der Waals surface area contributed by atoms with Gasteiger partial charge in [0.25, 0.3) is 5.91 Å². The van der Waals surface area contributed by atoms with Crippen LogP contribution in [-0.2, 0) is 14.4 Å². The molecule has 32 heavy (non-hydrogen) atoms. The monoisotopic (exact) mass is 442 g/mol. The Morgan fingerprint density at radius 1 is 1.09 bits per heavy atom. The van der Waals surface area contributed by atoms with E-state index in [4.69, 9.17) is 0 Å². The first-order chi connectivity index (χ1) is 15.5. The summed E-state index contributed by atoms with van der Waals surface area (Å²) in [6.07, 6.45) is 5.89. The summed E-state index contributed by atoms with van der Waals surface area (Å²) in [5.74, 6) is -1.00. The summed E-state index contributed by atoms with van der Waals surface area (Å²) in [6.45, 7) is 2.86. The third-order valence-electron chi connectivity index (χ3n) is 6.45. The molecule has 4 heterocycles. The lowest BCUT2D eigenvalue weighted by molar-refractivity contribution is -0.147. The number of piperazine rings is 1. The van der Waals surface area contributed by atoms with Gasteiger partial charge in [0, 0.05) is 37.9 Å². The van der Waals surface area contributed by atoms with E-state index in [0.717, 1.165) is 32.4 Å². The molecule has 2 atom stereocenters. The second-order valence-corrected chi connectivity index (χ2v) is 8.56. The maximum Gasteiger partial charge on any atom is 0.255 e. The molecule has 4 amide bonds. The van der Waals surface area contributed by atoms with Crippen LogP contribution in [0.1, 0.15) is 36.0 Å². The average Bonchev–Trinajstić information content (AvgIpc) is 2.85. The molecule has 10 heteroatoms. The zero-order valence-corrected chi connectivity index (χ0v) is 18.1. The maximum absolute atomic E-state index is 13.3. The molecule has 10 nitrogen and oxygen atoms in total. The molecule has 3 fully saturated rings. The molecule has 0 bridgehead atoms. The van der Waals surface area contributed by atoms with Crippen molar-refractivity contribution in [3.63, 3.8) is 0 Å². The van der Waals surface area contributed by atoms with Crippen molar-refractivity contribution in [1.82, 2.24) is 30.7 Å². The number of hydrogen-bond acceptors (Lipinski definition) is 6. The number of pyridine rings is 1. The van der Waals surface area contributed by atoms with E-state index in [1.807, 2.05) is 0 Å². The third-order valence-corrected chi connectivity index (χ3v) is 6.45. The van der Waals surface area contributed by atoms with Crippen molar-refractivity contribution < 1.29 is 19.2 Å². The first-order valence-corrected chi connectivity index (χ1v) is 11.3. The van der Waals surface area contributed by atoms with E-state index in [1.165, 1.54) is 6.20 Å². The molecule has 4 rings (SSSR count). The van der Waals surface area contributed by atoms with Gasteiger partial charge in [0.2, 0.25) is 17.7 Å². The van der Waals surface area contributed by atoms with Gasteiger partial charge in [-0.3, -0.25) is 24.2 Å². The summed E-state index contributed by atoms with van der Waals surface area (Å²) in [4.78, 5) is 58.9. The van der Waals surface area contributed by atoms with Gasteiger partial charge in [0.15, 0.2) is 0 Å². The van der Waals surface area contributed by atoms with E-state index in [9.17, 15) is 19.2 Å². The fourth-order valence-corrected chi connectivity index (χ4v) is 4.61. The summed E-state index contributed by atoms with van der Waals surface area (Å²) in [5.41, 5.74) is 0.441. The summed E-state index contributed by atoms with van der Waals surface area (Å²) in [7, 11) is 0. The summed E-state index contributed by atoms with van der Waals surface area (Å²) in [5, 5.41) is 8.83. The van der Waals surface area contributed by atoms with Crippen molar-refractivity contribution in [1.29, 1.82) is 0 Å². The van der Waals surface area contributed by atoms with Crippen LogP contribution in [0.3, 0.4) is 0 Å². The highest BCUT2D eigenvalue weighted by atomic mass is 16.2.